The summed E-state index contributed by atoms with van der Waals surface area (Å²) in [5, 5.41) is 12.6. The highest BCUT2D eigenvalue weighted by Crippen LogP contribution is 2.50. The lowest BCUT2D eigenvalue weighted by Crippen LogP contribution is -2.64. The van der Waals surface area contributed by atoms with E-state index in [0.29, 0.717) is 36.1 Å². The zero-order valence-corrected chi connectivity index (χ0v) is 25.2. The molecule has 0 aliphatic carbocycles. The first kappa shape index (κ1) is 33.4. The lowest BCUT2D eigenvalue weighted by atomic mass is 9.87. The standard InChI is InChI=1S/C31H34F6N4O5/c1-3-4-20-15-22(29(45,30(32,33)34)31(35,36)37)7-8-23(20)39-10-12-40(13-11-39)26(43)18-41-17-25(42)38-28(2,27(41)44)21-6-5-19-9-14-46-24(19)16-21/h5-8,15-16,45H,3-4,9-14,17-18H2,1-2H3,(H,38,42). The third-order valence-corrected chi connectivity index (χ3v) is 8.85. The van der Waals surface area contributed by atoms with Crippen molar-refractivity contribution >= 4 is 23.4 Å². The van der Waals surface area contributed by atoms with Gasteiger partial charge in [-0.25, -0.2) is 0 Å². The van der Waals surface area contributed by atoms with Gasteiger partial charge in [0.15, 0.2) is 0 Å². The number of hydrogen-bond donors (Lipinski definition) is 2. The Kier molecular flexibility index (Phi) is 8.68. The molecule has 5 rings (SSSR count). The van der Waals surface area contributed by atoms with Crippen LogP contribution in [0, 0.1) is 0 Å². The number of carbonyl (C=O) groups excluding carboxylic acids is 3. The van der Waals surface area contributed by atoms with E-state index in [0.717, 1.165) is 24.1 Å². The Hall–Kier alpha value is -4.01. The van der Waals surface area contributed by atoms with Crippen LogP contribution in [-0.4, -0.2) is 90.9 Å². The number of anilines is 1. The van der Waals surface area contributed by atoms with Crippen LogP contribution in [0.4, 0.5) is 32.0 Å². The predicted octanol–water partition coefficient (Wildman–Crippen LogP) is 3.41. The van der Waals surface area contributed by atoms with Crippen LogP contribution in [0.25, 0.3) is 0 Å². The van der Waals surface area contributed by atoms with E-state index in [1.165, 1.54) is 9.80 Å². The maximum absolute atomic E-state index is 13.6. The van der Waals surface area contributed by atoms with Crippen LogP contribution in [0.15, 0.2) is 36.4 Å². The molecule has 0 bridgehead atoms. The third-order valence-electron chi connectivity index (χ3n) is 8.85. The van der Waals surface area contributed by atoms with Crippen molar-refractivity contribution in [3.05, 3.63) is 58.7 Å². The fourth-order valence-electron chi connectivity index (χ4n) is 6.27. The molecule has 46 heavy (non-hydrogen) atoms. The van der Waals surface area contributed by atoms with E-state index in [1.54, 1.807) is 30.9 Å². The van der Waals surface area contributed by atoms with Gasteiger partial charge in [0, 0.05) is 43.9 Å². The zero-order valence-electron chi connectivity index (χ0n) is 25.2. The number of halogens is 6. The van der Waals surface area contributed by atoms with Crippen LogP contribution >= 0.6 is 0 Å². The smallest absolute Gasteiger partial charge is 0.430 e. The normalized spacial score (nSPS) is 20.8. The molecule has 2 N–H and O–H groups in total. The second-order valence-corrected chi connectivity index (χ2v) is 11.9. The first-order valence-electron chi connectivity index (χ1n) is 14.9. The number of benzene rings is 2. The summed E-state index contributed by atoms with van der Waals surface area (Å²) in [5.41, 5.74) is -5.64. The average Bonchev–Trinajstić information content (AvgIpc) is 3.46. The van der Waals surface area contributed by atoms with Crippen molar-refractivity contribution < 1.29 is 50.6 Å². The number of carbonyl (C=O) groups is 3. The van der Waals surface area contributed by atoms with E-state index in [9.17, 15) is 45.8 Å². The molecule has 3 heterocycles. The molecule has 0 spiro atoms. The Bertz CT molecular complexity index is 1510. The molecule has 15 heteroatoms. The molecule has 1 unspecified atom stereocenters. The summed E-state index contributed by atoms with van der Waals surface area (Å²) < 4.78 is 86.6. The second kappa shape index (κ2) is 12.0. The third kappa shape index (κ3) is 5.84. The van der Waals surface area contributed by atoms with Gasteiger partial charge >= 0.3 is 12.4 Å². The van der Waals surface area contributed by atoms with Gasteiger partial charge in [0.05, 0.1) is 6.61 Å². The summed E-state index contributed by atoms with van der Waals surface area (Å²) in [6.07, 6.45) is -10.7. The average molecular weight is 657 g/mol. The number of piperazine rings is 2. The number of aliphatic hydroxyl groups is 1. The minimum Gasteiger partial charge on any atom is -0.493 e. The molecule has 3 aliphatic rings. The first-order chi connectivity index (χ1) is 21.5. The van der Waals surface area contributed by atoms with Crippen molar-refractivity contribution in [3.8, 4) is 5.75 Å². The van der Waals surface area contributed by atoms with E-state index in [-0.39, 0.29) is 51.3 Å². The Morgan fingerprint density at radius 1 is 1.00 bits per heavy atom. The van der Waals surface area contributed by atoms with Gasteiger partial charge in [-0.3, -0.25) is 14.4 Å². The van der Waals surface area contributed by atoms with Gasteiger partial charge in [-0.2, -0.15) is 26.3 Å². The number of ether oxygens (including phenoxy) is 1. The lowest BCUT2D eigenvalue weighted by molar-refractivity contribution is -0.376. The molecule has 0 saturated carbocycles. The van der Waals surface area contributed by atoms with Gasteiger partial charge < -0.3 is 29.9 Å². The van der Waals surface area contributed by atoms with Crippen molar-refractivity contribution in [2.45, 2.75) is 56.6 Å². The van der Waals surface area contributed by atoms with E-state index in [2.05, 4.69) is 5.32 Å². The van der Waals surface area contributed by atoms with Crippen molar-refractivity contribution in [2.24, 2.45) is 0 Å². The molecule has 0 radical (unpaired) electrons. The Balaban J connectivity index is 1.28. The fraction of sp³-hybridized carbons (Fsp3) is 0.516. The number of fused-ring (bicyclic) bond motifs is 1. The van der Waals surface area contributed by atoms with Gasteiger partial charge in [0.2, 0.25) is 11.8 Å². The van der Waals surface area contributed by atoms with Crippen molar-refractivity contribution in [3.63, 3.8) is 0 Å². The van der Waals surface area contributed by atoms with Crippen LogP contribution in [-0.2, 0) is 38.4 Å². The molecule has 2 fully saturated rings. The molecule has 250 valence electrons. The number of hydrogen-bond acceptors (Lipinski definition) is 6. The Morgan fingerprint density at radius 3 is 2.30 bits per heavy atom. The van der Waals surface area contributed by atoms with Crippen LogP contribution in [0.5, 0.6) is 5.75 Å². The highest BCUT2D eigenvalue weighted by atomic mass is 19.4. The Morgan fingerprint density at radius 2 is 1.67 bits per heavy atom. The number of nitrogens with one attached hydrogen (secondary N) is 1. The van der Waals surface area contributed by atoms with Gasteiger partial charge in [0.25, 0.3) is 11.5 Å². The van der Waals surface area contributed by atoms with Gasteiger partial charge in [-0.05, 0) is 42.2 Å². The van der Waals surface area contributed by atoms with Gasteiger partial charge in [0.1, 0.15) is 24.4 Å². The van der Waals surface area contributed by atoms with Crippen LogP contribution in [0.2, 0.25) is 0 Å². The summed E-state index contributed by atoms with van der Waals surface area (Å²) in [5.74, 6) is -0.665. The largest absolute Gasteiger partial charge is 0.493 e. The first-order valence-corrected chi connectivity index (χ1v) is 14.9. The highest BCUT2D eigenvalue weighted by molar-refractivity contribution is 6.00. The van der Waals surface area contributed by atoms with Crippen LogP contribution in [0.1, 0.15) is 42.5 Å². The minimum absolute atomic E-state index is 0.155. The molecule has 3 amide bonds. The summed E-state index contributed by atoms with van der Waals surface area (Å²) in [4.78, 5) is 44.0. The SMILES string of the molecule is CCCc1cc(C(O)(C(F)(F)F)C(F)(F)F)ccc1N1CCN(C(=O)CN2CC(=O)NC(C)(c3ccc4c(c3)OCC4)C2=O)CC1. The summed E-state index contributed by atoms with van der Waals surface area (Å²) in [6.45, 7) is 3.90. The Labute approximate surface area is 261 Å². The monoisotopic (exact) mass is 656 g/mol. The molecule has 9 nitrogen and oxygen atoms in total. The maximum Gasteiger partial charge on any atom is 0.430 e. The molecule has 1 atom stereocenters. The number of nitrogens with zero attached hydrogens (tertiary/aromatic N) is 3. The minimum atomic E-state index is -5.99. The van der Waals surface area contributed by atoms with Crippen LogP contribution in [0.3, 0.4) is 0 Å². The van der Waals surface area contributed by atoms with Gasteiger partial charge in [-0.15, -0.1) is 0 Å². The second-order valence-electron chi connectivity index (χ2n) is 11.9. The number of rotatable bonds is 7. The quantitative estimate of drug-likeness (QED) is 0.444. The molecule has 0 aromatic heterocycles. The fourth-order valence-corrected chi connectivity index (χ4v) is 6.27. The number of alkyl halides is 6. The molecule has 2 aromatic carbocycles. The number of amides is 3. The predicted molar refractivity (Wildman–Crippen MR) is 153 cm³/mol. The van der Waals surface area contributed by atoms with Crippen molar-refractivity contribution in [1.82, 2.24) is 15.1 Å². The van der Waals surface area contributed by atoms with E-state index in [4.69, 9.17) is 4.74 Å². The van der Waals surface area contributed by atoms with Crippen molar-refractivity contribution in [2.75, 3.05) is 50.8 Å². The molecular formula is C31H34F6N4O5. The maximum atomic E-state index is 13.6. The summed E-state index contributed by atoms with van der Waals surface area (Å²) >= 11 is 0. The molecule has 2 saturated heterocycles. The van der Waals surface area contributed by atoms with E-state index < -0.39 is 46.8 Å². The lowest BCUT2D eigenvalue weighted by Gasteiger charge is -2.41. The highest BCUT2D eigenvalue weighted by Gasteiger charge is 2.71. The molecule has 2 aromatic rings. The zero-order chi connectivity index (χ0) is 33.7. The number of aryl methyl sites for hydroxylation is 1. The topological polar surface area (TPSA) is 102 Å². The van der Waals surface area contributed by atoms with E-state index >= 15 is 0 Å². The summed E-state index contributed by atoms with van der Waals surface area (Å²) in [6, 6.07) is 7.83. The van der Waals surface area contributed by atoms with Crippen LogP contribution < -0.4 is 15.0 Å². The molecule has 3 aliphatic heterocycles. The van der Waals surface area contributed by atoms with E-state index in [1.807, 2.05) is 6.07 Å². The van der Waals surface area contributed by atoms with Gasteiger partial charge in [-0.1, -0.05) is 37.6 Å². The summed E-state index contributed by atoms with van der Waals surface area (Å²) in [7, 11) is 0. The molecular weight excluding hydrogens is 622 g/mol. The van der Waals surface area contributed by atoms with Crippen molar-refractivity contribution in [1.29, 1.82) is 0 Å².